The van der Waals surface area contributed by atoms with E-state index < -0.39 is 56.4 Å². The Morgan fingerprint density at radius 1 is 1.12 bits per heavy atom. The van der Waals surface area contributed by atoms with Crippen molar-refractivity contribution in [1.29, 1.82) is 0 Å². The van der Waals surface area contributed by atoms with Gasteiger partial charge in [0.15, 0.2) is 0 Å². The van der Waals surface area contributed by atoms with Crippen molar-refractivity contribution in [3.63, 3.8) is 0 Å². The first kappa shape index (κ1) is 21.3. The van der Waals surface area contributed by atoms with Gasteiger partial charge in [-0.25, -0.2) is 18.4 Å². The van der Waals surface area contributed by atoms with Crippen LogP contribution in [-0.4, -0.2) is 85.1 Å². The average Bonchev–Trinajstić information content (AvgIpc) is 3.03. The van der Waals surface area contributed by atoms with Crippen molar-refractivity contribution in [1.82, 2.24) is 10.4 Å². The highest BCUT2D eigenvalue weighted by molar-refractivity contribution is 7.51. The number of halogens is 2. The lowest BCUT2D eigenvalue weighted by Crippen LogP contribution is -2.44. The van der Waals surface area contributed by atoms with E-state index in [4.69, 9.17) is 34.2 Å². The maximum Gasteiger partial charge on any atom is 0.405 e. The molecule has 0 saturated carbocycles. The van der Waals surface area contributed by atoms with E-state index in [0.717, 1.165) is 7.11 Å². The number of rotatable bonds is 8. The Morgan fingerprint density at radius 3 is 2.20 bits per heavy atom. The summed E-state index contributed by atoms with van der Waals surface area (Å²) in [6.45, 7) is 1.53. The van der Waals surface area contributed by atoms with Gasteiger partial charge in [0.2, 0.25) is 0 Å². The molecular weight excluding hydrogens is 355 g/mol. The predicted molar refractivity (Wildman–Crippen MR) is 89.3 cm³/mol. The zero-order valence-corrected chi connectivity index (χ0v) is 15.3. The maximum atomic E-state index is 14.2. The standard InChI is InChI=1S/C13H23B2F2N2O5P/c1-4-6-11(9(17)13(15)23-6)19-25(20,21-3)22-5-7-10(18-2)8(16)12(14)24-7/h6-13,18H,4-5H2,1-3H3,(H,19,20). The molecule has 2 heterocycles. The van der Waals surface area contributed by atoms with Crippen molar-refractivity contribution >= 4 is 23.4 Å². The van der Waals surface area contributed by atoms with Crippen molar-refractivity contribution < 1.29 is 31.9 Å². The Morgan fingerprint density at radius 2 is 1.68 bits per heavy atom. The highest BCUT2D eigenvalue weighted by Gasteiger charge is 2.46. The molecule has 0 aromatic carbocycles. The van der Waals surface area contributed by atoms with Crippen LogP contribution in [0.3, 0.4) is 0 Å². The van der Waals surface area contributed by atoms with E-state index in [-0.39, 0.29) is 6.61 Å². The molecule has 2 aliphatic heterocycles. The summed E-state index contributed by atoms with van der Waals surface area (Å²) in [6, 6.07) is -3.90. The molecule has 2 fully saturated rings. The van der Waals surface area contributed by atoms with Crippen LogP contribution in [0.25, 0.3) is 0 Å². The molecule has 0 aromatic rings. The van der Waals surface area contributed by atoms with Crippen molar-refractivity contribution in [3.8, 4) is 0 Å². The largest absolute Gasteiger partial charge is 0.405 e. The van der Waals surface area contributed by atoms with Crippen LogP contribution >= 0.6 is 7.75 Å². The van der Waals surface area contributed by atoms with E-state index in [0.29, 0.717) is 6.42 Å². The molecule has 0 aliphatic carbocycles. The maximum absolute atomic E-state index is 14.2. The second kappa shape index (κ2) is 8.78. The summed E-state index contributed by atoms with van der Waals surface area (Å²) >= 11 is 0. The SMILES string of the molecule is [B]C1OC(COP(=O)(NC2C(CC)OC([B])C2F)OC)C(NC)C1F. The molecule has 0 spiro atoms. The van der Waals surface area contributed by atoms with Crippen LogP contribution in [0, 0.1) is 0 Å². The van der Waals surface area contributed by atoms with Crippen LogP contribution in [0.5, 0.6) is 0 Å². The number of ether oxygens (including phenoxy) is 2. The fourth-order valence-electron chi connectivity index (χ4n) is 3.03. The van der Waals surface area contributed by atoms with Gasteiger partial charge in [-0.05, 0) is 13.5 Å². The molecule has 2 N–H and O–H groups in total. The van der Waals surface area contributed by atoms with Gasteiger partial charge in [-0.3, -0.25) is 4.52 Å². The first-order valence-electron chi connectivity index (χ1n) is 8.12. The molecule has 140 valence electrons. The molecule has 2 rings (SSSR count). The first-order valence-corrected chi connectivity index (χ1v) is 9.66. The number of nitrogens with one attached hydrogen (secondary N) is 2. The molecule has 0 amide bonds. The number of hydrogen-bond acceptors (Lipinski definition) is 6. The Hall–Kier alpha value is -0.0201. The van der Waals surface area contributed by atoms with Crippen molar-refractivity contribution in [3.05, 3.63) is 0 Å². The van der Waals surface area contributed by atoms with Gasteiger partial charge >= 0.3 is 7.75 Å². The minimum Gasteiger partial charge on any atom is -0.380 e. The van der Waals surface area contributed by atoms with Crippen LogP contribution < -0.4 is 10.4 Å². The van der Waals surface area contributed by atoms with E-state index in [1.54, 1.807) is 14.0 Å². The summed E-state index contributed by atoms with van der Waals surface area (Å²) < 4.78 is 61.6. The summed E-state index contributed by atoms with van der Waals surface area (Å²) in [7, 11) is 9.88. The monoisotopic (exact) mass is 378 g/mol. The zero-order valence-electron chi connectivity index (χ0n) is 14.4. The molecule has 9 atom stereocenters. The highest BCUT2D eigenvalue weighted by atomic mass is 31.2. The van der Waals surface area contributed by atoms with Crippen molar-refractivity contribution in [2.24, 2.45) is 0 Å². The molecule has 0 aromatic heterocycles. The van der Waals surface area contributed by atoms with Crippen LogP contribution in [0.4, 0.5) is 8.78 Å². The molecular formula is C13H23B2F2N2O5P. The van der Waals surface area contributed by atoms with E-state index >= 15 is 0 Å². The minimum atomic E-state index is -3.89. The fourth-order valence-corrected chi connectivity index (χ4v) is 4.33. The lowest BCUT2D eigenvalue weighted by molar-refractivity contribution is 0.0326. The number of alkyl halides is 2. The van der Waals surface area contributed by atoms with E-state index in [1.165, 1.54) is 0 Å². The highest BCUT2D eigenvalue weighted by Crippen LogP contribution is 2.46. The fraction of sp³-hybridized carbons (Fsp3) is 1.00. The van der Waals surface area contributed by atoms with Gasteiger partial charge in [-0.2, -0.15) is 0 Å². The number of hydrogen-bond donors (Lipinski definition) is 2. The second-order valence-electron chi connectivity index (χ2n) is 6.02. The smallest absolute Gasteiger partial charge is 0.380 e. The third-order valence-electron chi connectivity index (χ3n) is 4.47. The van der Waals surface area contributed by atoms with Crippen molar-refractivity contribution in [2.75, 3.05) is 20.8 Å². The van der Waals surface area contributed by atoms with Gasteiger partial charge in [-0.15, -0.1) is 0 Å². The Balaban J connectivity index is 1.99. The topological polar surface area (TPSA) is 78.1 Å². The molecule has 9 unspecified atom stereocenters. The van der Waals surface area contributed by atoms with Crippen LogP contribution in [-0.2, 0) is 23.1 Å². The minimum absolute atomic E-state index is 0.259. The summed E-state index contributed by atoms with van der Waals surface area (Å²) in [5.41, 5.74) is 0. The molecule has 7 nitrogen and oxygen atoms in total. The summed E-state index contributed by atoms with van der Waals surface area (Å²) in [6.07, 6.45) is -3.90. The van der Waals surface area contributed by atoms with Gasteiger partial charge in [0, 0.05) is 19.1 Å². The predicted octanol–water partition coefficient (Wildman–Crippen LogP) is 0.177. The molecule has 2 saturated heterocycles. The van der Waals surface area contributed by atoms with Gasteiger partial charge in [0.05, 0.1) is 30.9 Å². The third-order valence-corrected chi connectivity index (χ3v) is 6.05. The van der Waals surface area contributed by atoms with Crippen molar-refractivity contribution in [2.45, 2.75) is 62.0 Å². The van der Waals surface area contributed by atoms with Crippen LogP contribution in [0.1, 0.15) is 13.3 Å². The Kier molecular flexibility index (Phi) is 7.47. The third kappa shape index (κ3) is 4.64. The Bertz CT molecular complexity index is 497. The summed E-state index contributed by atoms with van der Waals surface area (Å²) in [4.78, 5) is 0. The number of likely N-dealkylation sites (N-methyl/N-ethyl adjacent to an activating group) is 1. The lowest BCUT2D eigenvalue weighted by Gasteiger charge is -2.27. The van der Waals surface area contributed by atoms with Crippen LogP contribution in [0.2, 0.25) is 0 Å². The summed E-state index contributed by atoms with van der Waals surface area (Å²) in [5.74, 6) is 0. The second-order valence-corrected chi connectivity index (χ2v) is 7.90. The zero-order chi connectivity index (χ0) is 18.8. The Labute approximate surface area is 149 Å². The van der Waals surface area contributed by atoms with E-state index in [1.807, 2.05) is 0 Å². The van der Waals surface area contributed by atoms with Gasteiger partial charge in [-0.1, -0.05) is 6.92 Å². The average molecular weight is 378 g/mol. The van der Waals surface area contributed by atoms with Gasteiger partial charge < -0.3 is 19.3 Å². The molecule has 0 bridgehead atoms. The van der Waals surface area contributed by atoms with E-state index in [2.05, 4.69) is 10.4 Å². The van der Waals surface area contributed by atoms with Gasteiger partial charge in [0.25, 0.3) is 0 Å². The molecule has 2 aliphatic rings. The normalized spacial score (nSPS) is 44.0. The first-order chi connectivity index (χ1) is 11.8. The van der Waals surface area contributed by atoms with Gasteiger partial charge in [0.1, 0.15) is 28.0 Å². The lowest BCUT2D eigenvalue weighted by atomic mass is 9.93. The molecule has 25 heavy (non-hydrogen) atoms. The molecule has 12 heteroatoms. The molecule has 4 radical (unpaired) electrons. The van der Waals surface area contributed by atoms with Crippen LogP contribution in [0.15, 0.2) is 0 Å². The summed E-state index contributed by atoms with van der Waals surface area (Å²) in [5, 5.41) is 5.28. The van der Waals surface area contributed by atoms with E-state index in [9.17, 15) is 13.3 Å². The quantitative estimate of drug-likeness (QED) is 0.461.